The van der Waals surface area contributed by atoms with E-state index in [0.29, 0.717) is 0 Å². The summed E-state index contributed by atoms with van der Waals surface area (Å²) in [6, 6.07) is 21.7. The molecule has 2 aliphatic heterocycles. The summed E-state index contributed by atoms with van der Waals surface area (Å²) in [5, 5.41) is 2.02. The number of fused-ring (bicyclic) bond motifs is 2. The molecule has 2 aliphatic rings. The third kappa shape index (κ3) is 3.29. The van der Waals surface area contributed by atoms with E-state index < -0.39 is 11.8 Å². The molecule has 3 heterocycles. The van der Waals surface area contributed by atoms with Gasteiger partial charge in [0, 0.05) is 29.1 Å². The topological polar surface area (TPSA) is 10.4 Å². The van der Waals surface area contributed by atoms with Crippen molar-refractivity contribution in [2.24, 2.45) is 7.05 Å². The van der Waals surface area contributed by atoms with E-state index in [1.807, 2.05) is 78.3 Å². The lowest BCUT2D eigenvalue weighted by molar-refractivity contribution is -0.617. The van der Waals surface area contributed by atoms with Crippen LogP contribution in [0.5, 0.6) is 0 Å². The zero-order chi connectivity index (χ0) is 23.0. The normalized spacial score (nSPS) is 18.9. The molecule has 0 unspecified atom stereocenters. The van der Waals surface area contributed by atoms with Gasteiger partial charge in [0.15, 0.2) is 0 Å². The van der Waals surface area contributed by atoms with Crippen LogP contribution in [-0.4, -0.2) is 38.0 Å². The smallest absolute Gasteiger partial charge is 0.282 e. The van der Waals surface area contributed by atoms with Gasteiger partial charge in [-0.2, -0.15) is 4.57 Å². The SMILES string of the molecule is C[n+]1c2cc(N3CC(F)(F)C3)ccc2c(-c2ccccc2)c2ccc(N3CC(F)(F)C3)cc21. The minimum Gasteiger partial charge on any atom is -0.359 e. The van der Waals surface area contributed by atoms with Gasteiger partial charge in [0.25, 0.3) is 11.8 Å². The first kappa shape index (κ1) is 20.3. The molecule has 0 aliphatic carbocycles. The summed E-state index contributed by atoms with van der Waals surface area (Å²) in [6.07, 6.45) is 0. The minimum atomic E-state index is -2.65. The van der Waals surface area contributed by atoms with Crippen molar-refractivity contribution in [2.75, 3.05) is 36.0 Å². The number of alkyl halides is 4. The Bertz CT molecular complexity index is 1300. The molecule has 0 amide bonds. The summed E-state index contributed by atoms with van der Waals surface area (Å²) in [5.41, 5.74) is 5.39. The summed E-state index contributed by atoms with van der Waals surface area (Å²) >= 11 is 0. The maximum absolute atomic E-state index is 13.5. The van der Waals surface area contributed by atoms with E-state index in [9.17, 15) is 17.6 Å². The summed E-state index contributed by atoms with van der Waals surface area (Å²) in [7, 11) is 1.93. The zero-order valence-electron chi connectivity index (χ0n) is 18.0. The van der Waals surface area contributed by atoms with Crippen LogP contribution in [0.25, 0.3) is 32.9 Å². The van der Waals surface area contributed by atoms with Crippen LogP contribution in [0.4, 0.5) is 28.9 Å². The Morgan fingerprint density at radius 3 is 1.55 bits per heavy atom. The number of rotatable bonds is 3. The molecule has 0 radical (unpaired) electrons. The Morgan fingerprint density at radius 1 is 0.667 bits per heavy atom. The van der Waals surface area contributed by atoms with Gasteiger partial charge in [-0.25, -0.2) is 17.6 Å². The zero-order valence-corrected chi connectivity index (χ0v) is 18.0. The van der Waals surface area contributed by atoms with E-state index in [1.54, 1.807) is 9.80 Å². The van der Waals surface area contributed by atoms with Crippen LogP contribution >= 0.6 is 0 Å². The second-order valence-electron chi connectivity index (χ2n) is 9.13. The van der Waals surface area contributed by atoms with Crippen molar-refractivity contribution >= 4 is 33.2 Å². The second kappa shape index (κ2) is 6.83. The third-order valence-corrected chi connectivity index (χ3v) is 6.71. The number of anilines is 2. The van der Waals surface area contributed by atoms with Crippen molar-refractivity contribution in [1.82, 2.24) is 0 Å². The molecule has 1 aromatic heterocycles. The van der Waals surface area contributed by atoms with E-state index >= 15 is 0 Å². The number of halogens is 4. The lowest BCUT2D eigenvalue weighted by Gasteiger charge is -2.40. The van der Waals surface area contributed by atoms with E-state index in [4.69, 9.17) is 0 Å². The van der Waals surface area contributed by atoms with Gasteiger partial charge < -0.3 is 9.80 Å². The van der Waals surface area contributed by atoms with Crippen LogP contribution in [-0.2, 0) is 7.05 Å². The van der Waals surface area contributed by atoms with E-state index in [-0.39, 0.29) is 26.2 Å². The fraction of sp³-hybridized carbons (Fsp3) is 0.269. The number of hydrogen-bond acceptors (Lipinski definition) is 2. The molecule has 168 valence electrons. The Labute approximate surface area is 188 Å². The van der Waals surface area contributed by atoms with E-state index in [0.717, 1.165) is 44.3 Å². The second-order valence-corrected chi connectivity index (χ2v) is 9.13. The van der Waals surface area contributed by atoms with Crippen molar-refractivity contribution < 1.29 is 22.1 Å². The molecular weight excluding hydrogens is 430 g/mol. The molecule has 3 nitrogen and oxygen atoms in total. The predicted octanol–water partition coefficient (Wildman–Crippen LogP) is 5.40. The number of aromatic nitrogens is 1. The first-order valence-corrected chi connectivity index (χ1v) is 10.9. The van der Waals surface area contributed by atoms with Crippen molar-refractivity contribution in [1.29, 1.82) is 0 Å². The maximum Gasteiger partial charge on any atom is 0.282 e. The number of hydrogen-bond donors (Lipinski definition) is 0. The highest BCUT2D eigenvalue weighted by atomic mass is 19.3. The van der Waals surface area contributed by atoms with Gasteiger partial charge in [-0.15, -0.1) is 0 Å². The Balaban J connectivity index is 1.57. The van der Waals surface area contributed by atoms with Crippen molar-refractivity contribution in [3.8, 4) is 11.1 Å². The molecule has 6 rings (SSSR count). The average Bonchev–Trinajstić information content (AvgIpc) is 2.76. The summed E-state index contributed by atoms with van der Waals surface area (Å²) in [5.74, 6) is -5.30. The Morgan fingerprint density at radius 2 is 1.12 bits per heavy atom. The van der Waals surface area contributed by atoms with Gasteiger partial charge >= 0.3 is 0 Å². The van der Waals surface area contributed by atoms with Crippen LogP contribution in [0.1, 0.15) is 0 Å². The number of nitrogens with zero attached hydrogens (tertiary/aromatic N) is 3. The van der Waals surface area contributed by atoms with Crippen molar-refractivity contribution in [3.63, 3.8) is 0 Å². The molecule has 3 aromatic carbocycles. The van der Waals surface area contributed by atoms with Gasteiger partial charge in [-0.1, -0.05) is 30.3 Å². The van der Waals surface area contributed by atoms with Crippen LogP contribution < -0.4 is 14.4 Å². The van der Waals surface area contributed by atoms with Crippen LogP contribution in [0.2, 0.25) is 0 Å². The van der Waals surface area contributed by atoms with E-state index in [1.165, 1.54) is 0 Å². The fourth-order valence-electron chi connectivity index (χ4n) is 4.99. The highest BCUT2D eigenvalue weighted by Gasteiger charge is 2.45. The monoisotopic (exact) mass is 452 g/mol. The molecule has 7 heteroatoms. The number of pyridine rings is 1. The summed E-state index contributed by atoms with van der Waals surface area (Å²) in [6.45, 7) is -1.13. The van der Waals surface area contributed by atoms with Crippen LogP contribution in [0.15, 0.2) is 66.7 Å². The molecule has 0 spiro atoms. The van der Waals surface area contributed by atoms with Gasteiger partial charge in [0.2, 0.25) is 11.0 Å². The maximum atomic E-state index is 13.5. The molecule has 0 bridgehead atoms. The van der Waals surface area contributed by atoms with Crippen molar-refractivity contribution in [2.45, 2.75) is 11.8 Å². The molecule has 0 saturated carbocycles. The fourth-order valence-corrected chi connectivity index (χ4v) is 4.99. The van der Waals surface area contributed by atoms with Crippen LogP contribution in [0.3, 0.4) is 0 Å². The number of benzene rings is 3. The molecule has 2 saturated heterocycles. The summed E-state index contributed by atoms with van der Waals surface area (Å²) in [4.78, 5) is 3.34. The van der Waals surface area contributed by atoms with Gasteiger partial charge in [0.05, 0.1) is 37.0 Å². The average molecular weight is 452 g/mol. The molecule has 4 aromatic rings. The molecule has 0 atom stereocenters. The van der Waals surface area contributed by atoms with Crippen LogP contribution in [0, 0.1) is 0 Å². The first-order valence-electron chi connectivity index (χ1n) is 10.9. The standard InChI is InChI=1S/C26H22F4N3/c1-31-22-11-18(32-13-25(27,28)14-32)7-9-20(22)24(17-5-3-2-4-6-17)21-10-8-19(12-23(21)31)33-15-26(29,30)16-33/h2-12H,13-16H2,1H3/q+1. The lowest BCUT2D eigenvalue weighted by atomic mass is 9.94. The highest BCUT2D eigenvalue weighted by molar-refractivity contribution is 6.08. The predicted molar refractivity (Wildman–Crippen MR) is 122 cm³/mol. The van der Waals surface area contributed by atoms with Gasteiger partial charge in [-0.05, 0) is 29.8 Å². The third-order valence-electron chi connectivity index (χ3n) is 6.71. The Kier molecular flexibility index (Phi) is 4.19. The summed E-state index contributed by atoms with van der Waals surface area (Å²) < 4.78 is 55.9. The van der Waals surface area contributed by atoms with Gasteiger partial charge in [0.1, 0.15) is 7.05 Å². The number of aryl methyl sites for hydroxylation is 1. The lowest BCUT2D eigenvalue weighted by Crippen LogP contribution is -2.56. The van der Waals surface area contributed by atoms with Gasteiger partial charge in [-0.3, -0.25) is 0 Å². The first-order chi connectivity index (χ1) is 15.7. The Hall–Kier alpha value is -3.35. The molecule has 0 N–H and O–H groups in total. The molecular formula is C26H22F4N3+. The minimum absolute atomic E-state index is 0.283. The molecule has 2 fully saturated rings. The van der Waals surface area contributed by atoms with Crippen molar-refractivity contribution in [3.05, 3.63) is 66.7 Å². The highest BCUT2D eigenvalue weighted by Crippen LogP contribution is 2.39. The van der Waals surface area contributed by atoms with E-state index in [2.05, 4.69) is 0 Å². The molecule has 33 heavy (non-hydrogen) atoms. The largest absolute Gasteiger partial charge is 0.359 e. The quantitative estimate of drug-likeness (QED) is 0.234.